The van der Waals surface area contributed by atoms with Gasteiger partial charge in [-0.15, -0.1) is 0 Å². The number of aromatic carboxylic acids is 1. The molecule has 1 N–H and O–H groups in total. The van der Waals surface area contributed by atoms with E-state index in [2.05, 4.69) is 4.98 Å². The van der Waals surface area contributed by atoms with Gasteiger partial charge in [0.1, 0.15) is 11.0 Å². The van der Waals surface area contributed by atoms with E-state index in [-0.39, 0.29) is 10.7 Å². The molecule has 0 atom stereocenters. The monoisotopic (exact) mass is 276 g/mol. The molecule has 0 amide bonds. The molecule has 2 aromatic rings. The summed E-state index contributed by atoms with van der Waals surface area (Å²) in [5, 5.41) is 9.22. The predicted octanol–water partition coefficient (Wildman–Crippen LogP) is 3.59. The highest BCUT2D eigenvalue weighted by Crippen LogP contribution is 2.25. The quantitative estimate of drug-likeness (QED) is 0.867. The van der Waals surface area contributed by atoms with E-state index in [1.165, 1.54) is 12.1 Å². The molecule has 1 aromatic heterocycles. The fraction of sp³-hybridized carbons (Fsp3) is 0.143. The maximum absolute atomic E-state index is 11.0. The zero-order valence-corrected chi connectivity index (χ0v) is 11.1. The summed E-state index contributed by atoms with van der Waals surface area (Å²) < 4.78 is 0. The van der Waals surface area contributed by atoms with Crippen molar-refractivity contribution in [1.82, 2.24) is 4.98 Å². The highest BCUT2D eigenvalue weighted by atomic mass is 35.5. The molecule has 0 radical (unpaired) electrons. The number of nitrogens with zero attached hydrogens (tertiary/aromatic N) is 2. The lowest BCUT2D eigenvalue weighted by atomic mass is 10.2. The lowest BCUT2D eigenvalue weighted by Crippen LogP contribution is -2.18. The topological polar surface area (TPSA) is 53.4 Å². The maximum Gasteiger partial charge on any atom is 0.335 e. The van der Waals surface area contributed by atoms with E-state index in [9.17, 15) is 4.79 Å². The average molecular weight is 277 g/mol. The molecule has 0 bridgehead atoms. The number of hydrogen-bond acceptors (Lipinski definition) is 3. The number of carboxylic acids is 1. The van der Waals surface area contributed by atoms with Crippen LogP contribution < -0.4 is 4.90 Å². The van der Waals surface area contributed by atoms with Crippen molar-refractivity contribution in [2.75, 3.05) is 11.4 Å². The van der Waals surface area contributed by atoms with Crippen LogP contribution in [0.15, 0.2) is 42.5 Å². The van der Waals surface area contributed by atoms with Crippen molar-refractivity contribution in [1.29, 1.82) is 0 Å². The number of hydrogen-bond donors (Lipinski definition) is 1. The van der Waals surface area contributed by atoms with Crippen molar-refractivity contribution < 1.29 is 9.90 Å². The molecule has 4 nitrogen and oxygen atoms in total. The third-order valence-electron chi connectivity index (χ3n) is 2.69. The van der Waals surface area contributed by atoms with Gasteiger partial charge in [0.05, 0.1) is 5.56 Å². The van der Waals surface area contributed by atoms with Crippen LogP contribution in [0.2, 0.25) is 5.15 Å². The minimum absolute atomic E-state index is 0.129. The van der Waals surface area contributed by atoms with E-state index < -0.39 is 5.97 Å². The van der Waals surface area contributed by atoms with Gasteiger partial charge in [0.15, 0.2) is 0 Å². The van der Waals surface area contributed by atoms with Crippen molar-refractivity contribution in [2.45, 2.75) is 6.92 Å². The molecule has 0 fully saturated rings. The van der Waals surface area contributed by atoms with Crippen LogP contribution in [0.3, 0.4) is 0 Å². The molecule has 0 aliphatic carbocycles. The second kappa shape index (κ2) is 5.71. The van der Waals surface area contributed by atoms with Gasteiger partial charge in [-0.05, 0) is 31.2 Å². The summed E-state index contributed by atoms with van der Waals surface area (Å²) in [6.07, 6.45) is 0. The summed E-state index contributed by atoms with van der Waals surface area (Å²) in [7, 11) is 0. The van der Waals surface area contributed by atoms with Crippen molar-refractivity contribution in [3.05, 3.63) is 53.2 Å². The summed E-state index contributed by atoms with van der Waals surface area (Å²) in [6, 6.07) is 12.5. The Bertz CT molecular complexity index is 587. The first kappa shape index (κ1) is 13.4. The fourth-order valence-electron chi connectivity index (χ4n) is 1.83. The van der Waals surface area contributed by atoms with Gasteiger partial charge in [-0.2, -0.15) is 0 Å². The lowest BCUT2D eigenvalue weighted by Gasteiger charge is -2.22. The number of carbonyl (C=O) groups is 1. The summed E-state index contributed by atoms with van der Waals surface area (Å²) in [4.78, 5) is 17.1. The number of halogens is 1. The SMILES string of the molecule is CCN(c1ccccc1)c1cc(C(=O)O)cc(Cl)n1. The molecule has 2 rings (SSSR count). The van der Waals surface area contributed by atoms with E-state index in [0.29, 0.717) is 12.4 Å². The predicted molar refractivity (Wildman–Crippen MR) is 75.3 cm³/mol. The van der Waals surface area contributed by atoms with Crippen molar-refractivity contribution in [2.24, 2.45) is 0 Å². The Kier molecular flexibility index (Phi) is 4.02. The summed E-state index contributed by atoms with van der Waals surface area (Å²) >= 11 is 5.88. The number of aromatic nitrogens is 1. The molecule has 0 unspecified atom stereocenters. The minimum Gasteiger partial charge on any atom is -0.478 e. The first-order valence-electron chi connectivity index (χ1n) is 5.85. The van der Waals surface area contributed by atoms with Crippen LogP contribution in [0.1, 0.15) is 17.3 Å². The molecule has 0 saturated carbocycles. The molecule has 0 spiro atoms. The number of carboxylic acid groups (broad SMARTS) is 1. The van der Waals surface area contributed by atoms with E-state index in [0.717, 1.165) is 5.69 Å². The molecule has 98 valence electrons. The normalized spacial score (nSPS) is 10.2. The molecule has 0 aliphatic heterocycles. The molecule has 0 aliphatic rings. The van der Waals surface area contributed by atoms with Gasteiger partial charge in [0.2, 0.25) is 0 Å². The van der Waals surface area contributed by atoms with E-state index in [1.54, 1.807) is 0 Å². The zero-order valence-electron chi connectivity index (χ0n) is 10.4. The second-order valence-electron chi connectivity index (χ2n) is 3.92. The fourth-order valence-corrected chi connectivity index (χ4v) is 2.03. The third kappa shape index (κ3) is 3.03. The average Bonchev–Trinajstić information content (AvgIpc) is 2.40. The number of anilines is 2. The lowest BCUT2D eigenvalue weighted by molar-refractivity contribution is 0.0697. The largest absolute Gasteiger partial charge is 0.478 e. The number of benzene rings is 1. The van der Waals surface area contributed by atoms with E-state index in [1.807, 2.05) is 42.2 Å². The van der Waals surface area contributed by atoms with Crippen molar-refractivity contribution >= 4 is 29.1 Å². The highest BCUT2D eigenvalue weighted by Gasteiger charge is 2.13. The summed E-state index contributed by atoms with van der Waals surface area (Å²) in [6.45, 7) is 2.63. The van der Waals surface area contributed by atoms with Crippen LogP contribution in [0.25, 0.3) is 0 Å². The van der Waals surface area contributed by atoms with Crippen LogP contribution in [-0.2, 0) is 0 Å². The van der Waals surface area contributed by atoms with Crippen LogP contribution in [-0.4, -0.2) is 22.6 Å². The van der Waals surface area contributed by atoms with Gasteiger partial charge in [-0.1, -0.05) is 29.8 Å². The second-order valence-corrected chi connectivity index (χ2v) is 4.31. The van der Waals surface area contributed by atoms with Gasteiger partial charge < -0.3 is 10.0 Å². The van der Waals surface area contributed by atoms with Gasteiger partial charge in [-0.25, -0.2) is 9.78 Å². The molecule has 1 heterocycles. The Morgan fingerprint density at radius 3 is 2.58 bits per heavy atom. The Labute approximate surface area is 116 Å². The molecule has 1 aromatic carbocycles. The number of pyridine rings is 1. The van der Waals surface area contributed by atoms with Crippen LogP contribution in [0.5, 0.6) is 0 Å². The highest BCUT2D eigenvalue weighted by molar-refractivity contribution is 6.29. The van der Waals surface area contributed by atoms with Gasteiger partial charge in [-0.3, -0.25) is 0 Å². The van der Waals surface area contributed by atoms with Crippen LogP contribution in [0, 0.1) is 0 Å². The van der Waals surface area contributed by atoms with Crippen molar-refractivity contribution in [3.63, 3.8) is 0 Å². The number of rotatable bonds is 4. The Balaban J connectivity index is 2.47. The standard InChI is InChI=1S/C14H13ClN2O2/c1-2-17(11-6-4-3-5-7-11)13-9-10(14(18)19)8-12(15)16-13/h3-9H,2H2,1H3,(H,18,19). The maximum atomic E-state index is 11.0. The van der Waals surface area contributed by atoms with Gasteiger partial charge in [0, 0.05) is 12.2 Å². The van der Waals surface area contributed by atoms with Crippen LogP contribution in [0.4, 0.5) is 11.5 Å². The third-order valence-corrected chi connectivity index (χ3v) is 2.88. The zero-order chi connectivity index (χ0) is 13.8. The van der Waals surface area contributed by atoms with Crippen molar-refractivity contribution in [3.8, 4) is 0 Å². The van der Waals surface area contributed by atoms with Gasteiger partial charge >= 0.3 is 5.97 Å². The Morgan fingerprint density at radius 2 is 2.00 bits per heavy atom. The molecule has 5 heteroatoms. The smallest absolute Gasteiger partial charge is 0.335 e. The minimum atomic E-state index is -1.02. The van der Waals surface area contributed by atoms with E-state index >= 15 is 0 Å². The Morgan fingerprint density at radius 1 is 1.32 bits per heavy atom. The first-order chi connectivity index (χ1) is 9.11. The van der Waals surface area contributed by atoms with Crippen LogP contribution >= 0.6 is 11.6 Å². The summed E-state index contributed by atoms with van der Waals surface area (Å²) in [5.41, 5.74) is 1.07. The van der Waals surface area contributed by atoms with E-state index in [4.69, 9.17) is 16.7 Å². The molecular weight excluding hydrogens is 264 g/mol. The molecular formula is C14H13ClN2O2. The molecule has 19 heavy (non-hydrogen) atoms. The Hall–Kier alpha value is -2.07. The van der Waals surface area contributed by atoms with Gasteiger partial charge in [0.25, 0.3) is 0 Å². The molecule has 0 saturated heterocycles. The number of para-hydroxylation sites is 1. The summed E-state index contributed by atoms with van der Waals surface area (Å²) in [5.74, 6) is -0.492. The first-order valence-corrected chi connectivity index (χ1v) is 6.23.